The van der Waals surface area contributed by atoms with Crippen molar-refractivity contribution in [2.75, 3.05) is 6.61 Å². The SMILES string of the molecule is O=C(O)c1cccc(CC2C3CCC(O3)C2CO)c1. The van der Waals surface area contributed by atoms with Crippen LogP contribution < -0.4 is 0 Å². The minimum absolute atomic E-state index is 0.157. The molecule has 3 rings (SSSR count). The molecular formula is C15H18O4. The Morgan fingerprint density at radius 1 is 1.26 bits per heavy atom. The second kappa shape index (κ2) is 4.94. The molecule has 0 amide bonds. The fourth-order valence-electron chi connectivity index (χ4n) is 3.51. The zero-order valence-electron chi connectivity index (χ0n) is 10.7. The third-order valence-corrected chi connectivity index (χ3v) is 4.45. The fourth-order valence-corrected chi connectivity index (χ4v) is 3.51. The minimum Gasteiger partial charge on any atom is -0.478 e. The van der Waals surface area contributed by atoms with Crippen LogP contribution in [0.4, 0.5) is 0 Å². The van der Waals surface area contributed by atoms with Crippen LogP contribution in [0.25, 0.3) is 0 Å². The lowest BCUT2D eigenvalue weighted by Gasteiger charge is -2.26. The first-order valence-corrected chi connectivity index (χ1v) is 6.77. The molecule has 4 heteroatoms. The Labute approximate surface area is 112 Å². The monoisotopic (exact) mass is 262 g/mol. The lowest BCUT2D eigenvalue weighted by molar-refractivity contribution is 0.0696. The predicted octanol–water partition coefficient (Wildman–Crippen LogP) is 1.71. The van der Waals surface area contributed by atoms with E-state index in [0.717, 1.165) is 24.8 Å². The van der Waals surface area contributed by atoms with Crippen molar-refractivity contribution in [1.82, 2.24) is 0 Å². The molecule has 2 bridgehead atoms. The molecule has 4 unspecified atom stereocenters. The molecule has 2 N–H and O–H groups in total. The highest BCUT2D eigenvalue weighted by molar-refractivity contribution is 5.87. The van der Waals surface area contributed by atoms with E-state index in [-0.39, 0.29) is 24.7 Å². The number of fused-ring (bicyclic) bond motifs is 2. The molecule has 2 fully saturated rings. The van der Waals surface area contributed by atoms with E-state index in [4.69, 9.17) is 9.84 Å². The van der Waals surface area contributed by atoms with Crippen LogP contribution >= 0.6 is 0 Å². The third-order valence-electron chi connectivity index (χ3n) is 4.45. The maximum absolute atomic E-state index is 11.0. The van der Waals surface area contributed by atoms with Crippen molar-refractivity contribution in [1.29, 1.82) is 0 Å². The Hall–Kier alpha value is -1.39. The molecule has 0 aromatic heterocycles. The summed E-state index contributed by atoms with van der Waals surface area (Å²) in [5.41, 5.74) is 1.33. The Bertz CT molecular complexity index is 485. The number of carboxylic acids is 1. The molecule has 4 nitrogen and oxygen atoms in total. The summed E-state index contributed by atoms with van der Waals surface area (Å²) in [6.07, 6.45) is 3.32. The van der Waals surface area contributed by atoms with Crippen LogP contribution in [0.1, 0.15) is 28.8 Å². The van der Waals surface area contributed by atoms with Gasteiger partial charge in [0.05, 0.1) is 17.8 Å². The van der Waals surface area contributed by atoms with Gasteiger partial charge in [0.15, 0.2) is 0 Å². The Morgan fingerprint density at radius 3 is 2.68 bits per heavy atom. The average Bonchev–Trinajstić information content (AvgIpc) is 3.00. The summed E-state index contributed by atoms with van der Waals surface area (Å²) in [6.45, 7) is 0.157. The van der Waals surface area contributed by atoms with Gasteiger partial charge >= 0.3 is 5.97 Å². The van der Waals surface area contributed by atoms with E-state index < -0.39 is 5.97 Å². The number of hydrogen-bond acceptors (Lipinski definition) is 3. The normalized spacial score (nSPS) is 32.7. The van der Waals surface area contributed by atoms with Crippen molar-refractivity contribution in [3.63, 3.8) is 0 Å². The molecule has 0 saturated carbocycles. The van der Waals surface area contributed by atoms with Crippen molar-refractivity contribution in [3.8, 4) is 0 Å². The molecule has 1 aromatic rings. The predicted molar refractivity (Wildman–Crippen MR) is 69.1 cm³/mol. The largest absolute Gasteiger partial charge is 0.478 e. The van der Waals surface area contributed by atoms with E-state index in [9.17, 15) is 9.90 Å². The average molecular weight is 262 g/mol. The van der Waals surface area contributed by atoms with E-state index in [2.05, 4.69) is 0 Å². The van der Waals surface area contributed by atoms with Crippen molar-refractivity contribution < 1.29 is 19.7 Å². The molecule has 2 aliphatic heterocycles. The highest BCUT2D eigenvalue weighted by Gasteiger charge is 2.48. The Morgan fingerprint density at radius 2 is 2.00 bits per heavy atom. The van der Waals surface area contributed by atoms with Gasteiger partial charge in [-0.2, -0.15) is 0 Å². The number of carbonyl (C=O) groups is 1. The Kier molecular flexibility index (Phi) is 3.29. The van der Waals surface area contributed by atoms with Crippen LogP contribution in [-0.2, 0) is 11.2 Å². The lowest BCUT2D eigenvalue weighted by Crippen LogP contribution is -2.31. The van der Waals surface area contributed by atoms with E-state index in [1.165, 1.54) is 0 Å². The summed E-state index contributed by atoms with van der Waals surface area (Å²) in [5.74, 6) is -0.384. The number of aliphatic hydroxyl groups is 1. The number of aliphatic hydroxyl groups excluding tert-OH is 1. The fraction of sp³-hybridized carbons (Fsp3) is 0.533. The molecule has 0 spiro atoms. The number of benzene rings is 1. The summed E-state index contributed by atoms with van der Waals surface area (Å²) in [7, 11) is 0. The third kappa shape index (κ3) is 2.26. The van der Waals surface area contributed by atoms with Crippen molar-refractivity contribution in [2.24, 2.45) is 11.8 Å². The van der Waals surface area contributed by atoms with Crippen LogP contribution in [0.2, 0.25) is 0 Å². The van der Waals surface area contributed by atoms with Gasteiger partial charge in [0.25, 0.3) is 0 Å². The second-order valence-electron chi connectivity index (χ2n) is 5.51. The maximum atomic E-state index is 11.0. The molecule has 2 saturated heterocycles. The lowest BCUT2D eigenvalue weighted by atomic mass is 9.76. The van der Waals surface area contributed by atoms with Gasteiger partial charge in [-0.15, -0.1) is 0 Å². The van der Waals surface area contributed by atoms with Crippen molar-refractivity contribution in [2.45, 2.75) is 31.5 Å². The van der Waals surface area contributed by atoms with Crippen molar-refractivity contribution in [3.05, 3.63) is 35.4 Å². The molecule has 0 radical (unpaired) electrons. The van der Waals surface area contributed by atoms with Gasteiger partial charge in [-0.05, 0) is 42.9 Å². The summed E-state index contributed by atoms with van der Waals surface area (Å²) < 4.78 is 5.86. The summed E-state index contributed by atoms with van der Waals surface area (Å²) in [6, 6.07) is 7.06. The first-order valence-electron chi connectivity index (χ1n) is 6.77. The molecule has 19 heavy (non-hydrogen) atoms. The second-order valence-corrected chi connectivity index (χ2v) is 5.51. The molecule has 102 valence electrons. The van der Waals surface area contributed by atoms with Crippen LogP contribution in [-0.4, -0.2) is 35.0 Å². The number of aromatic carboxylic acids is 1. The van der Waals surface area contributed by atoms with E-state index >= 15 is 0 Å². The van der Waals surface area contributed by atoms with E-state index in [0.29, 0.717) is 11.5 Å². The summed E-state index contributed by atoms with van der Waals surface area (Å²) in [5, 5.41) is 18.5. The number of hydrogen-bond donors (Lipinski definition) is 2. The molecular weight excluding hydrogens is 244 g/mol. The van der Waals surface area contributed by atoms with Gasteiger partial charge in [-0.3, -0.25) is 0 Å². The van der Waals surface area contributed by atoms with Gasteiger partial charge < -0.3 is 14.9 Å². The number of ether oxygens (including phenoxy) is 1. The van der Waals surface area contributed by atoms with Gasteiger partial charge in [-0.1, -0.05) is 12.1 Å². The Balaban J connectivity index is 1.77. The zero-order valence-corrected chi connectivity index (χ0v) is 10.7. The first kappa shape index (κ1) is 12.6. The van der Waals surface area contributed by atoms with Crippen LogP contribution in [0, 0.1) is 11.8 Å². The van der Waals surface area contributed by atoms with Crippen LogP contribution in [0.5, 0.6) is 0 Å². The zero-order chi connectivity index (χ0) is 13.4. The smallest absolute Gasteiger partial charge is 0.335 e. The highest BCUT2D eigenvalue weighted by atomic mass is 16.5. The molecule has 2 aliphatic rings. The molecule has 4 atom stereocenters. The van der Waals surface area contributed by atoms with Crippen LogP contribution in [0.3, 0.4) is 0 Å². The first-order chi connectivity index (χ1) is 9.19. The molecule has 0 aliphatic carbocycles. The molecule has 2 heterocycles. The van der Waals surface area contributed by atoms with E-state index in [1.807, 2.05) is 6.07 Å². The topological polar surface area (TPSA) is 66.8 Å². The standard InChI is InChI=1S/C15H18O4/c16-8-12-11(13-4-5-14(12)19-13)7-9-2-1-3-10(6-9)15(17)18/h1-3,6,11-14,16H,4-5,7-8H2,(H,17,18). The highest BCUT2D eigenvalue weighted by Crippen LogP contribution is 2.44. The quantitative estimate of drug-likeness (QED) is 0.867. The van der Waals surface area contributed by atoms with Crippen molar-refractivity contribution >= 4 is 5.97 Å². The van der Waals surface area contributed by atoms with Gasteiger partial charge in [0.1, 0.15) is 0 Å². The summed E-state index contributed by atoms with van der Waals surface area (Å²) >= 11 is 0. The summed E-state index contributed by atoms with van der Waals surface area (Å²) in [4.78, 5) is 11.0. The number of carboxylic acid groups (broad SMARTS) is 1. The van der Waals surface area contributed by atoms with Gasteiger partial charge in [-0.25, -0.2) is 4.79 Å². The molecule has 1 aromatic carbocycles. The number of rotatable bonds is 4. The minimum atomic E-state index is -0.898. The van der Waals surface area contributed by atoms with E-state index in [1.54, 1.807) is 18.2 Å². The van der Waals surface area contributed by atoms with Crippen LogP contribution in [0.15, 0.2) is 24.3 Å². The van der Waals surface area contributed by atoms with Gasteiger partial charge in [0.2, 0.25) is 0 Å². The van der Waals surface area contributed by atoms with Gasteiger partial charge in [0, 0.05) is 12.5 Å². The maximum Gasteiger partial charge on any atom is 0.335 e.